The van der Waals surface area contributed by atoms with Crippen molar-refractivity contribution < 1.29 is 5.11 Å². The van der Waals surface area contributed by atoms with Crippen LogP contribution >= 0.6 is 0 Å². The van der Waals surface area contributed by atoms with Crippen molar-refractivity contribution in [3.63, 3.8) is 0 Å². The van der Waals surface area contributed by atoms with E-state index in [0.717, 1.165) is 6.54 Å². The minimum absolute atomic E-state index is 0.244. The lowest BCUT2D eigenvalue weighted by molar-refractivity contribution is 0.0509. The van der Waals surface area contributed by atoms with Crippen molar-refractivity contribution in [3.05, 3.63) is 0 Å². The summed E-state index contributed by atoms with van der Waals surface area (Å²) >= 11 is 0. The highest BCUT2D eigenvalue weighted by molar-refractivity contribution is 4.88. The summed E-state index contributed by atoms with van der Waals surface area (Å²) < 4.78 is 0. The summed E-state index contributed by atoms with van der Waals surface area (Å²) in [4.78, 5) is 5.07. The number of nitrogens with zero attached hydrogens (tertiary/aromatic N) is 2. The van der Waals surface area contributed by atoms with Crippen LogP contribution in [0.4, 0.5) is 0 Å². The van der Waals surface area contributed by atoms with E-state index in [1.54, 1.807) is 0 Å². The van der Waals surface area contributed by atoms with E-state index in [-0.39, 0.29) is 5.41 Å². The van der Waals surface area contributed by atoms with E-state index >= 15 is 0 Å². The van der Waals surface area contributed by atoms with Crippen molar-refractivity contribution in [1.29, 1.82) is 0 Å². The Bertz CT molecular complexity index is 206. The maximum atomic E-state index is 9.61. The summed E-state index contributed by atoms with van der Waals surface area (Å²) in [6.07, 6.45) is 5.10. The summed E-state index contributed by atoms with van der Waals surface area (Å²) in [7, 11) is 0. The zero-order valence-corrected chi connectivity index (χ0v) is 10.6. The molecule has 0 unspecified atom stereocenters. The summed E-state index contributed by atoms with van der Waals surface area (Å²) in [5, 5.41) is 9.61. The second-order valence-electron chi connectivity index (χ2n) is 5.58. The normalized spacial score (nSPS) is 27.4. The van der Waals surface area contributed by atoms with Crippen LogP contribution in [-0.4, -0.2) is 60.8 Å². The lowest BCUT2D eigenvalue weighted by atomic mass is 9.86. The molecule has 1 saturated heterocycles. The lowest BCUT2D eigenvalue weighted by Crippen LogP contribution is -2.50. The maximum absolute atomic E-state index is 9.61. The predicted molar refractivity (Wildman–Crippen MR) is 66.5 cm³/mol. The van der Waals surface area contributed by atoms with Gasteiger partial charge in [0, 0.05) is 44.7 Å². The molecular weight excluding hydrogens is 200 g/mol. The standard InChI is InChI=1S/C13H26N2O/c1-2-14-7-9-15(10-8-14)11-13(12-16)5-3-4-6-13/h16H,2-12H2,1H3. The molecule has 2 rings (SSSR count). The van der Waals surface area contributed by atoms with Crippen LogP contribution in [0.3, 0.4) is 0 Å². The van der Waals surface area contributed by atoms with Gasteiger partial charge in [-0.1, -0.05) is 19.8 Å². The highest BCUT2D eigenvalue weighted by Crippen LogP contribution is 2.38. The Hall–Kier alpha value is -0.120. The number of rotatable bonds is 4. The first-order valence-electron chi connectivity index (χ1n) is 6.83. The fourth-order valence-corrected chi connectivity index (χ4v) is 3.23. The first-order valence-corrected chi connectivity index (χ1v) is 6.83. The Balaban J connectivity index is 1.81. The van der Waals surface area contributed by atoms with Crippen molar-refractivity contribution in [1.82, 2.24) is 9.80 Å². The van der Waals surface area contributed by atoms with Gasteiger partial charge in [-0.2, -0.15) is 0 Å². The molecule has 1 saturated carbocycles. The fourth-order valence-electron chi connectivity index (χ4n) is 3.23. The molecule has 2 fully saturated rings. The smallest absolute Gasteiger partial charge is 0.0499 e. The number of hydrogen-bond donors (Lipinski definition) is 1. The summed E-state index contributed by atoms with van der Waals surface area (Å²) in [5.41, 5.74) is 0.244. The van der Waals surface area contributed by atoms with Crippen LogP contribution in [0.5, 0.6) is 0 Å². The third-order valence-electron chi connectivity index (χ3n) is 4.47. The van der Waals surface area contributed by atoms with Crippen LogP contribution in [-0.2, 0) is 0 Å². The van der Waals surface area contributed by atoms with Crippen molar-refractivity contribution in [2.75, 3.05) is 45.9 Å². The monoisotopic (exact) mass is 226 g/mol. The quantitative estimate of drug-likeness (QED) is 0.780. The summed E-state index contributed by atoms with van der Waals surface area (Å²) in [6.45, 7) is 9.73. The highest BCUT2D eigenvalue weighted by Gasteiger charge is 2.35. The third kappa shape index (κ3) is 2.76. The third-order valence-corrected chi connectivity index (χ3v) is 4.47. The lowest BCUT2D eigenvalue weighted by Gasteiger charge is -2.39. The van der Waals surface area contributed by atoms with Crippen LogP contribution in [0.1, 0.15) is 32.6 Å². The van der Waals surface area contributed by atoms with Gasteiger partial charge in [0.2, 0.25) is 0 Å². The van der Waals surface area contributed by atoms with Gasteiger partial charge >= 0.3 is 0 Å². The van der Waals surface area contributed by atoms with Gasteiger partial charge in [-0.05, 0) is 19.4 Å². The molecule has 0 bridgehead atoms. The van der Waals surface area contributed by atoms with Gasteiger partial charge in [0.25, 0.3) is 0 Å². The number of piperazine rings is 1. The summed E-state index contributed by atoms with van der Waals surface area (Å²) in [6, 6.07) is 0. The Labute approximate surface area is 99.4 Å². The summed E-state index contributed by atoms with van der Waals surface area (Å²) in [5.74, 6) is 0. The molecule has 94 valence electrons. The Morgan fingerprint density at radius 2 is 1.56 bits per heavy atom. The molecule has 0 atom stereocenters. The minimum atomic E-state index is 0.244. The number of aliphatic hydroxyl groups excluding tert-OH is 1. The molecule has 0 aromatic heterocycles. The molecular formula is C13H26N2O. The molecule has 0 radical (unpaired) electrons. The average molecular weight is 226 g/mol. The maximum Gasteiger partial charge on any atom is 0.0499 e. The molecule has 0 spiro atoms. The van der Waals surface area contributed by atoms with E-state index in [9.17, 15) is 5.11 Å². The van der Waals surface area contributed by atoms with Crippen LogP contribution in [0.2, 0.25) is 0 Å². The van der Waals surface area contributed by atoms with Crippen molar-refractivity contribution in [2.24, 2.45) is 5.41 Å². The van der Waals surface area contributed by atoms with Gasteiger partial charge in [0.15, 0.2) is 0 Å². The van der Waals surface area contributed by atoms with Gasteiger partial charge in [-0.25, -0.2) is 0 Å². The van der Waals surface area contributed by atoms with Crippen LogP contribution in [0.15, 0.2) is 0 Å². The first kappa shape index (κ1) is 12.3. The largest absolute Gasteiger partial charge is 0.396 e. The topological polar surface area (TPSA) is 26.7 Å². The molecule has 3 heteroatoms. The fraction of sp³-hybridized carbons (Fsp3) is 1.00. The molecule has 1 aliphatic carbocycles. The van der Waals surface area contributed by atoms with E-state index in [4.69, 9.17) is 0 Å². The van der Waals surface area contributed by atoms with Crippen molar-refractivity contribution >= 4 is 0 Å². The molecule has 1 N–H and O–H groups in total. The van der Waals surface area contributed by atoms with E-state index in [2.05, 4.69) is 16.7 Å². The van der Waals surface area contributed by atoms with Gasteiger partial charge in [-0.3, -0.25) is 0 Å². The Morgan fingerprint density at radius 3 is 2.06 bits per heavy atom. The van der Waals surface area contributed by atoms with Crippen LogP contribution < -0.4 is 0 Å². The van der Waals surface area contributed by atoms with E-state index in [1.807, 2.05) is 0 Å². The number of hydrogen-bond acceptors (Lipinski definition) is 3. The van der Waals surface area contributed by atoms with Gasteiger partial charge in [-0.15, -0.1) is 0 Å². The Kier molecular flexibility index (Phi) is 4.22. The SMILES string of the molecule is CCN1CCN(CC2(CO)CCCC2)CC1. The van der Waals surface area contributed by atoms with Crippen molar-refractivity contribution in [2.45, 2.75) is 32.6 Å². The molecule has 0 aromatic carbocycles. The molecule has 16 heavy (non-hydrogen) atoms. The molecule has 2 aliphatic rings. The van der Waals surface area contributed by atoms with Crippen molar-refractivity contribution in [3.8, 4) is 0 Å². The average Bonchev–Trinajstić information content (AvgIpc) is 2.79. The van der Waals surface area contributed by atoms with E-state index in [1.165, 1.54) is 58.4 Å². The zero-order valence-electron chi connectivity index (χ0n) is 10.6. The number of likely N-dealkylation sites (N-methyl/N-ethyl adjacent to an activating group) is 1. The zero-order chi connectivity index (χ0) is 11.4. The molecule has 0 aromatic rings. The molecule has 0 amide bonds. The molecule has 1 aliphatic heterocycles. The number of aliphatic hydroxyl groups is 1. The van der Waals surface area contributed by atoms with Crippen LogP contribution in [0.25, 0.3) is 0 Å². The van der Waals surface area contributed by atoms with Gasteiger partial charge in [0.05, 0.1) is 0 Å². The molecule has 3 nitrogen and oxygen atoms in total. The second kappa shape index (κ2) is 5.48. The van der Waals surface area contributed by atoms with Crippen LogP contribution in [0, 0.1) is 5.41 Å². The minimum Gasteiger partial charge on any atom is -0.396 e. The first-order chi connectivity index (χ1) is 7.78. The second-order valence-corrected chi connectivity index (χ2v) is 5.58. The predicted octanol–water partition coefficient (Wildman–Crippen LogP) is 1.18. The highest BCUT2D eigenvalue weighted by atomic mass is 16.3. The van der Waals surface area contributed by atoms with Gasteiger partial charge < -0.3 is 14.9 Å². The Morgan fingerprint density at radius 1 is 1.00 bits per heavy atom. The van der Waals surface area contributed by atoms with Gasteiger partial charge in [0.1, 0.15) is 0 Å². The van der Waals surface area contributed by atoms with E-state index in [0.29, 0.717) is 6.61 Å². The van der Waals surface area contributed by atoms with E-state index < -0.39 is 0 Å². The molecule has 1 heterocycles.